The van der Waals surface area contributed by atoms with Crippen LogP contribution in [-0.4, -0.2) is 67.5 Å². The molecule has 32 heavy (non-hydrogen) atoms. The van der Waals surface area contributed by atoms with Gasteiger partial charge in [-0.15, -0.1) is 10.1 Å². The molecule has 1 aliphatic carbocycles. The number of hydrazone groups is 1. The summed E-state index contributed by atoms with van der Waals surface area (Å²) in [5.74, 6) is -3.44. The minimum absolute atomic E-state index is 0.0325. The summed E-state index contributed by atoms with van der Waals surface area (Å²) in [6.07, 6.45) is 0.908. The molecule has 0 saturated heterocycles. The number of ketones is 1. The van der Waals surface area contributed by atoms with E-state index in [1.165, 1.54) is 6.92 Å². The van der Waals surface area contributed by atoms with Gasteiger partial charge in [0.15, 0.2) is 0 Å². The van der Waals surface area contributed by atoms with Crippen molar-refractivity contribution >= 4 is 34.9 Å². The number of aliphatic hydroxyl groups excluding tert-OH is 1. The molecule has 0 atom stereocenters. The second-order valence-corrected chi connectivity index (χ2v) is 7.36. The molecule has 12 heteroatoms. The van der Waals surface area contributed by atoms with Crippen LogP contribution >= 0.6 is 0 Å². The van der Waals surface area contributed by atoms with Crippen molar-refractivity contribution in [2.75, 3.05) is 13.2 Å². The number of carbonyl (C=O) groups is 4. The molecule has 1 aromatic heterocycles. The third-order valence-electron chi connectivity index (χ3n) is 5.03. The van der Waals surface area contributed by atoms with E-state index in [0.29, 0.717) is 12.1 Å². The molecule has 170 valence electrons. The van der Waals surface area contributed by atoms with Crippen molar-refractivity contribution in [1.29, 1.82) is 0 Å². The van der Waals surface area contributed by atoms with Crippen molar-refractivity contribution in [3.63, 3.8) is 0 Å². The number of carboxylic acids is 1. The van der Waals surface area contributed by atoms with Crippen LogP contribution in [0.15, 0.2) is 21.7 Å². The molecule has 0 unspecified atom stereocenters. The highest BCUT2D eigenvalue weighted by Gasteiger charge is 2.47. The number of H-pyrrole nitrogens is 1. The molecule has 1 amide bonds. The molecule has 1 aromatic rings. The number of allylic oxidation sites excluding steroid dienone is 2. The maximum absolute atomic E-state index is 12.8. The van der Waals surface area contributed by atoms with Crippen LogP contribution in [0.1, 0.15) is 37.9 Å². The average Bonchev–Trinajstić information content (AvgIpc) is 3.13. The van der Waals surface area contributed by atoms with Crippen LogP contribution in [0.25, 0.3) is 5.57 Å². The summed E-state index contributed by atoms with van der Waals surface area (Å²) in [7, 11) is 0. The summed E-state index contributed by atoms with van der Waals surface area (Å²) >= 11 is 0. The smallest absolute Gasteiger partial charge is 0.325 e. The number of carboxylic acid groups (broad SMARTS) is 1. The molecule has 0 fully saturated rings. The molecule has 12 nitrogen and oxygen atoms in total. The van der Waals surface area contributed by atoms with Gasteiger partial charge in [0.05, 0.1) is 16.7 Å². The van der Waals surface area contributed by atoms with Crippen LogP contribution in [-0.2, 0) is 30.5 Å². The number of ether oxygens (including phenoxy) is 1. The van der Waals surface area contributed by atoms with E-state index in [0.717, 1.165) is 9.69 Å². The number of rotatable bonds is 8. The molecular weight excluding hydrogens is 424 g/mol. The Morgan fingerprint density at radius 1 is 1.12 bits per heavy atom. The molecule has 3 rings (SSSR count). The standard InChI is InChI=1S/C20H22N4O8/c1-4-5-12(27)32-7-6-23-19(30)13(9(2)21-23)15-17(28)16(18(15)29)14-10(3)22-24(20(14)31)8-11(25)26/h22,28H,4-8H2,1-3H3,(H,25,26)/p+1. The first kappa shape index (κ1) is 22.7. The highest BCUT2D eigenvalue weighted by Crippen LogP contribution is 2.38. The van der Waals surface area contributed by atoms with Gasteiger partial charge < -0.3 is 14.9 Å². The fourth-order valence-electron chi connectivity index (χ4n) is 3.60. The number of aromatic nitrogens is 2. The number of aliphatic hydroxyl groups is 1. The first-order chi connectivity index (χ1) is 15.1. The molecule has 0 radical (unpaired) electrons. The Hall–Kier alpha value is -3.96. The van der Waals surface area contributed by atoms with Crippen LogP contribution in [0.2, 0.25) is 0 Å². The van der Waals surface area contributed by atoms with Crippen molar-refractivity contribution in [3.8, 4) is 0 Å². The molecule has 0 bridgehead atoms. The molecule has 2 heterocycles. The number of nitrogens with one attached hydrogen (secondary N) is 2. The number of aryl methyl sites for hydroxylation is 1. The fraction of sp³-hybridized carbons (Fsp3) is 0.400. The van der Waals surface area contributed by atoms with Crippen LogP contribution in [0.5, 0.6) is 0 Å². The number of amides is 1. The van der Waals surface area contributed by atoms with Gasteiger partial charge in [0.1, 0.15) is 31.0 Å². The van der Waals surface area contributed by atoms with E-state index in [9.17, 15) is 29.1 Å². The first-order valence-electron chi connectivity index (χ1n) is 9.90. The number of nitrogens with zero attached hydrogens (tertiary/aromatic N) is 2. The van der Waals surface area contributed by atoms with E-state index >= 15 is 0 Å². The largest absolute Gasteiger partial charge is 0.506 e. The van der Waals surface area contributed by atoms with Crippen molar-refractivity contribution < 1.29 is 39.2 Å². The van der Waals surface area contributed by atoms with Gasteiger partial charge in [-0.05, 0) is 13.3 Å². The normalized spacial score (nSPS) is 18.2. The number of hydrogen-bond donors (Lipinski definition) is 4. The van der Waals surface area contributed by atoms with Crippen molar-refractivity contribution in [1.82, 2.24) is 14.8 Å². The zero-order valence-corrected chi connectivity index (χ0v) is 17.8. The van der Waals surface area contributed by atoms with Crippen molar-refractivity contribution in [3.05, 3.63) is 38.5 Å². The van der Waals surface area contributed by atoms with Crippen LogP contribution in [0.4, 0.5) is 0 Å². The monoisotopic (exact) mass is 447 g/mol. The third-order valence-corrected chi connectivity index (χ3v) is 5.03. The Bertz CT molecular complexity index is 1180. The molecule has 0 aromatic carbocycles. The lowest BCUT2D eigenvalue weighted by atomic mass is 9.80. The van der Waals surface area contributed by atoms with E-state index < -0.39 is 35.5 Å². The van der Waals surface area contributed by atoms with Crippen LogP contribution in [0.3, 0.4) is 0 Å². The number of carbonyl (C=O) groups excluding carboxylic acids is 3. The van der Waals surface area contributed by atoms with Gasteiger partial charge >= 0.3 is 17.8 Å². The number of aromatic amines is 1. The number of Topliss-reactive ketones (excluding diaryl/α,β-unsaturated/α-hetero) is 1. The van der Waals surface area contributed by atoms with Crippen LogP contribution in [0, 0.1) is 6.92 Å². The van der Waals surface area contributed by atoms with Gasteiger partial charge in [-0.1, -0.05) is 6.92 Å². The second kappa shape index (κ2) is 8.65. The Morgan fingerprint density at radius 2 is 1.81 bits per heavy atom. The Morgan fingerprint density at radius 3 is 2.41 bits per heavy atom. The van der Waals surface area contributed by atoms with E-state index in [1.54, 1.807) is 6.92 Å². The van der Waals surface area contributed by atoms with E-state index in [4.69, 9.17) is 9.84 Å². The molecule has 0 spiro atoms. The summed E-state index contributed by atoms with van der Waals surface area (Å²) in [5, 5.41) is 26.0. The van der Waals surface area contributed by atoms with Gasteiger partial charge in [-0.2, -0.15) is 0 Å². The maximum Gasteiger partial charge on any atom is 0.325 e. The SMILES string of the molecule is CCCC(=O)OCCN1[NH+]=C(C)C(=C2C(=O)C(c3c(C)[nH]n(CC(=O)O)c3=O)=C2O)C1=O. The highest BCUT2D eigenvalue weighted by molar-refractivity contribution is 6.43. The van der Waals surface area contributed by atoms with Crippen molar-refractivity contribution in [2.45, 2.75) is 40.2 Å². The fourth-order valence-corrected chi connectivity index (χ4v) is 3.60. The summed E-state index contributed by atoms with van der Waals surface area (Å²) in [4.78, 5) is 60.5. The van der Waals surface area contributed by atoms with Gasteiger partial charge in [0.25, 0.3) is 5.56 Å². The number of esters is 1. The Labute approximate surface area is 181 Å². The minimum Gasteiger partial charge on any atom is -0.506 e. The van der Waals surface area contributed by atoms with Gasteiger partial charge in [-0.3, -0.25) is 29.1 Å². The number of hydrogen-bond acceptors (Lipinski definition) is 7. The van der Waals surface area contributed by atoms with E-state index in [2.05, 4.69) is 10.2 Å². The number of aliphatic carboxylic acids is 1. The topological polar surface area (TPSA) is 173 Å². The maximum atomic E-state index is 12.8. The molecule has 2 aliphatic rings. The molecule has 4 N–H and O–H groups in total. The predicted molar refractivity (Wildman–Crippen MR) is 108 cm³/mol. The molecule has 0 saturated carbocycles. The first-order valence-corrected chi connectivity index (χ1v) is 9.90. The summed E-state index contributed by atoms with van der Waals surface area (Å²) < 4.78 is 5.84. The number of hydrazine groups is 1. The van der Waals surface area contributed by atoms with Crippen molar-refractivity contribution in [2.24, 2.45) is 0 Å². The second-order valence-electron chi connectivity index (χ2n) is 7.36. The van der Waals surface area contributed by atoms with Gasteiger partial charge in [0, 0.05) is 19.0 Å². The summed E-state index contributed by atoms with van der Waals surface area (Å²) in [6, 6.07) is 0. The third kappa shape index (κ3) is 3.86. The predicted octanol–water partition coefficient (Wildman–Crippen LogP) is -1.64. The summed E-state index contributed by atoms with van der Waals surface area (Å²) in [5.41, 5.74) is -0.937. The van der Waals surface area contributed by atoms with E-state index in [1.807, 2.05) is 6.92 Å². The molecular formula is C20H23N4O8+. The summed E-state index contributed by atoms with van der Waals surface area (Å²) in [6.45, 7) is 4.20. The Balaban J connectivity index is 1.87. The lowest BCUT2D eigenvalue weighted by Crippen LogP contribution is -2.81. The average molecular weight is 447 g/mol. The minimum atomic E-state index is -1.26. The zero-order valence-electron chi connectivity index (χ0n) is 17.8. The molecule has 1 aliphatic heterocycles. The lowest BCUT2D eigenvalue weighted by molar-refractivity contribution is -0.616. The lowest BCUT2D eigenvalue weighted by Gasteiger charge is -2.21. The quantitative estimate of drug-likeness (QED) is 0.271. The highest BCUT2D eigenvalue weighted by atomic mass is 16.5. The van der Waals surface area contributed by atoms with Crippen LogP contribution < -0.4 is 10.7 Å². The Kier molecular flexibility index (Phi) is 6.14. The van der Waals surface area contributed by atoms with E-state index in [-0.39, 0.29) is 53.5 Å². The zero-order chi connectivity index (χ0) is 23.7. The van der Waals surface area contributed by atoms with Gasteiger partial charge in [-0.25, -0.2) is 4.68 Å². The van der Waals surface area contributed by atoms with Gasteiger partial charge in [0.2, 0.25) is 11.5 Å².